The summed E-state index contributed by atoms with van der Waals surface area (Å²) in [6.45, 7) is 0. The molecule has 0 radical (unpaired) electrons. The number of urea groups is 1. The molecule has 0 saturated heterocycles. The number of halogens is 1. The zero-order chi connectivity index (χ0) is 14.4. The number of rotatable bonds is 5. The summed E-state index contributed by atoms with van der Waals surface area (Å²) in [6.07, 6.45) is 0. The van der Waals surface area contributed by atoms with Crippen LogP contribution in [0, 0.1) is 0 Å². The van der Waals surface area contributed by atoms with Crippen molar-refractivity contribution in [2.75, 3.05) is 40.7 Å². The summed E-state index contributed by atoms with van der Waals surface area (Å²) >= 11 is 0. The average molecular weight is 306 g/mol. The lowest BCUT2D eigenvalue weighted by Gasteiger charge is -2.16. The summed E-state index contributed by atoms with van der Waals surface area (Å²) in [5.41, 5.74) is 3.10. The van der Waals surface area contributed by atoms with Gasteiger partial charge in [0.15, 0.2) is 11.5 Å². The van der Waals surface area contributed by atoms with Crippen LogP contribution in [0.4, 0.5) is 10.5 Å². The first-order valence-corrected chi connectivity index (χ1v) is 5.56. The predicted octanol–water partition coefficient (Wildman–Crippen LogP) is 1.73. The van der Waals surface area contributed by atoms with Gasteiger partial charge in [-0.2, -0.15) is 0 Å². The average Bonchev–Trinajstić information content (AvgIpc) is 2.36. The molecule has 2 N–H and O–H groups in total. The third-order valence-corrected chi connectivity index (χ3v) is 2.25. The Labute approximate surface area is 124 Å². The fourth-order valence-corrected chi connectivity index (χ4v) is 1.52. The SMILES string of the molecule is COc1cc(NC(=O)NN(C)C)cc(OC)c1OC.Cl. The number of amides is 2. The Bertz CT molecular complexity index is 429. The number of carbonyl (C=O) groups is 1. The molecule has 7 nitrogen and oxygen atoms in total. The van der Waals surface area contributed by atoms with Crippen molar-refractivity contribution in [1.82, 2.24) is 10.4 Å². The highest BCUT2D eigenvalue weighted by Crippen LogP contribution is 2.39. The number of hydrogen-bond acceptors (Lipinski definition) is 5. The molecule has 20 heavy (non-hydrogen) atoms. The zero-order valence-electron chi connectivity index (χ0n) is 12.1. The number of nitrogens with zero attached hydrogens (tertiary/aromatic N) is 1. The molecule has 0 heterocycles. The van der Waals surface area contributed by atoms with Gasteiger partial charge in [0.1, 0.15) is 0 Å². The van der Waals surface area contributed by atoms with Crippen LogP contribution >= 0.6 is 12.4 Å². The minimum atomic E-state index is -0.362. The second-order valence-corrected chi connectivity index (χ2v) is 3.87. The third kappa shape index (κ3) is 4.67. The monoisotopic (exact) mass is 305 g/mol. The van der Waals surface area contributed by atoms with E-state index in [4.69, 9.17) is 14.2 Å². The topological polar surface area (TPSA) is 72.1 Å². The minimum absolute atomic E-state index is 0. The van der Waals surface area contributed by atoms with Crippen LogP contribution in [0.2, 0.25) is 0 Å². The summed E-state index contributed by atoms with van der Waals surface area (Å²) in [5.74, 6) is 1.42. The van der Waals surface area contributed by atoms with E-state index >= 15 is 0 Å². The van der Waals surface area contributed by atoms with Crippen molar-refractivity contribution in [2.24, 2.45) is 0 Å². The first kappa shape index (κ1) is 18.1. The summed E-state index contributed by atoms with van der Waals surface area (Å²) in [7, 11) is 7.98. The van der Waals surface area contributed by atoms with Gasteiger partial charge in [0.2, 0.25) is 5.75 Å². The summed E-state index contributed by atoms with van der Waals surface area (Å²) in [5, 5.41) is 4.20. The molecule has 0 aliphatic carbocycles. The number of carbonyl (C=O) groups excluding carboxylic acids is 1. The standard InChI is InChI=1S/C12H19N3O4.ClH/c1-15(2)14-12(16)13-8-6-9(17-3)11(19-5)10(7-8)18-4;/h6-7H,1-5H3,(H2,13,14,16);1H. The fraction of sp³-hybridized carbons (Fsp3) is 0.417. The molecule has 0 aromatic heterocycles. The van der Waals surface area contributed by atoms with Crippen LogP contribution in [0.15, 0.2) is 12.1 Å². The van der Waals surface area contributed by atoms with Crippen molar-refractivity contribution in [3.05, 3.63) is 12.1 Å². The number of nitrogens with one attached hydrogen (secondary N) is 2. The van der Waals surface area contributed by atoms with E-state index < -0.39 is 0 Å². The van der Waals surface area contributed by atoms with Gasteiger partial charge in [0.25, 0.3) is 0 Å². The van der Waals surface area contributed by atoms with Gasteiger partial charge < -0.3 is 19.5 Å². The van der Waals surface area contributed by atoms with Crippen LogP contribution in [0.25, 0.3) is 0 Å². The van der Waals surface area contributed by atoms with E-state index in [0.29, 0.717) is 22.9 Å². The van der Waals surface area contributed by atoms with Gasteiger partial charge >= 0.3 is 6.03 Å². The molecule has 1 aromatic rings. The third-order valence-electron chi connectivity index (χ3n) is 2.25. The van der Waals surface area contributed by atoms with Crippen molar-refractivity contribution in [3.63, 3.8) is 0 Å². The molecule has 0 unspecified atom stereocenters. The molecule has 0 bridgehead atoms. The lowest BCUT2D eigenvalue weighted by Crippen LogP contribution is -2.39. The van der Waals surface area contributed by atoms with E-state index in [-0.39, 0.29) is 18.4 Å². The molecule has 0 aliphatic rings. The number of anilines is 1. The molecule has 2 amide bonds. The lowest BCUT2D eigenvalue weighted by atomic mass is 10.2. The summed E-state index contributed by atoms with van der Waals surface area (Å²) in [4.78, 5) is 11.6. The maximum Gasteiger partial charge on any atom is 0.333 e. The maximum atomic E-state index is 11.6. The normalized spacial score (nSPS) is 9.50. The molecule has 114 valence electrons. The van der Waals surface area contributed by atoms with Gasteiger partial charge in [0, 0.05) is 26.2 Å². The van der Waals surface area contributed by atoms with E-state index in [0.717, 1.165) is 0 Å². The Morgan fingerprint density at radius 3 is 1.90 bits per heavy atom. The minimum Gasteiger partial charge on any atom is -0.493 e. The molecule has 0 aliphatic heterocycles. The van der Waals surface area contributed by atoms with Crippen LogP contribution in [0.5, 0.6) is 17.2 Å². The van der Waals surface area contributed by atoms with Crippen molar-refractivity contribution in [1.29, 1.82) is 0 Å². The number of benzene rings is 1. The van der Waals surface area contributed by atoms with Crippen LogP contribution in [-0.2, 0) is 0 Å². The lowest BCUT2D eigenvalue weighted by molar-refractivity contribution is 0.224. The molecule has 0 fully saturated rings. The quantitative estimate of drug-likeness (QED) is 0.811. The van der Waals surface area contributed by atoms with Crippen molar-refractivity contribution in [2.45, 2.75) is 0 Å². The van der Waals surface area contributed by atoms with Gasteiger partial charge in [-0.25, -0.2) is 9.80 Å². The Hall–Kier alpha value is -1.86. The molecule has 1 rings (SSSR count). The van der Waals surface area contributed by atoms with Crippen molar-refractivity contribution in [3.8, 4) is 17.2 Å². The number of hydrogen-bond donors (Lipinski definition) is 2. The van der Waals surface area contributed by atoms with Crippen LogP contribution < -0.4 is 25.0 Å². The van der Waals surface area contributed by atoms with Crippen LogP contribution in [0.3, 0.4) is 0 Å². The smallest absolute Gasteiger partial charge is 0.333 e. The molecule has 0 atom stereocenters. The van der Waals surface area contributed by atoms with E-state index in [9.17, 15) is 4.79 Å². The Kier molecular flexibility index (Phi) is 7.56. The number of hydrazine groups is 1. The molecule has 0 saturated carbocycles. The first-order valence-electron chi connectivity index (χ1n) is 5.56. The molecule has 0 spiro atoms. The Morgan fingerprint density at radius 2 is 1.55 bits per heavy atom. The molecular weight excluding hydrogens is 286 g/mol. The highest BCUT2D eigenvalue weighted by atomic mass is 35.5. The maximum absolute atomic E-state index is 11.6. The number of methoxy groups -OCH3 is 3. The number of ether oxygens (including phenoxy) is 3. The second-order valence-electron chi connectivity index (χ2n) is 3.87. The van der Waals surface area contributed by atoms with Gasteiger partial charge in [-0.1, -0.05) is 0 Å². The Morgan fingerprint density at radius 1 is 1.05 bits per heavy atom. The summed E-state index contributed by atoms with van der Waals surface area (Å²) < 4.78 is 15.6. The largest absolute Gasteiger partial charge is 0.493 e. The molecule has 8 heteroatoms. The van der Waals surface area contributed by atoms with Gasteiger partial charge in [-0.05, 0) is 0 Å². The van der Waals surface area contributed by atoms with E-state index in [1.54, 1.807) is 26.2 Å². The highest BCUT2D eigenvalue weighted by molar-refractivity contribution is 5.89. The van der Waals surface area contributed by atoms with Crippen LogP contribution in [0.1, 0.15) is 0 Å². The van der Waals surface area contributed by atoms with E-state index in [1.165, 1.54) is 26.3 Å². The zero-order valence-corrected chi connectivity index (χ0v) is 13.0. The van der Waals surface area contributed by atoms with E-state index in [2.05, 4.69) is 10.7 Å². The van der Waals surface area contributed by atoms with Gasteiger partial charge in [0.05, 0.1) is 27.0 Å². The molecule has 1 aromatic carbocycles. The fourth-order valence-electron chi connectivity index (χ4n) is 1.52. The van der Waals surface area contributed by atoms with Crippen molar-refractivity contribution < 1.29 is 19.0 Å². The van der Waals surface area contributed by atoms with Crippen LogP contribution in [-0.4, -0.2) is 46.5 Å². The predicted molar refractivity (Wildman–Crippen MR) is 79.2 cm³/mol. The first-order chi connectivity index (χ1) is 9.01. The second kappa shape index (κ2) is 8.34. The van der Waals surface area contributed by atoms with E-state index in [1.807, 2.05) is 0 Å². The summed E-state index contributed by atoms with van der Waals surface area (Å²) in [6, 6.07) is 2.94. The Balaban J connectivity index is 0.00000361. The molecular formula is C12H20ClN3O4. The van der Waals surface area contributed by atoms with Gasteiger partial charge in [-0.3, -0.25) is 5.43 Å². The van der Waals surface area contributed by atoms with Gasteiger partial charge in [-0.15, -0.1) is 12.4 Å². The highest BCUT2D eigenvalue weighted by Gasteiger charge is 2.14. The van der Waals surface area contributed by atoms with Crippen molar-refractivity contribution >= 4 is 24.1 Å².